The molecule has 0 N–H and O–H groups in total. The van der Waals surface area contributed by atoms with Crippen molar-refractivity contribution < 1.29 is 14.3 Å². The average Bonchev–Trinajstić information content (AvgIpc) is 3.66. The van der Waals surface area contributed by atoms with E-state index in [0.29, 0.717) is 22.8 Å². The number of aryl methyl sites for hydroxylation is 2. The average molecular weight is 672 g/mol. The Morgan fingerprint density at radius 2 is 1.27 bits per heavy atom. The quantitative estimate of drug-likeness (QED) is 0.100. The Morgan fingerprint density at radius 1 is 0.706 bits per heavy atom. The van der Waals surface area contributed by atoms with Crippen molar-refractivity contribution in [3.63, 3.8) is 0 Å². The molecule has 0 bridgehead atoms. The van der Waals surface area contributed by atoms with E-state index in [4.69, 9.17) is 24.9 Å². The molecule has 0 aliphatic rings. The van der Waals surface area contributed by atoms with Crippen molar-refractivity contribution in [1.82, 2.24) is 25.2 Å². The lowest BCUT2D eigenvalue weighted by Gasteiger charge is -2.34. The summed E-state index contributed by atoms with van der Waals surface area (Å²) >= 11 is 0. The molecule has 2 aromatic heterocycles. The standard InChI is InChI=1S/C43H37N5O3/c1-4-50-42(49)40-31(3)44-30(2)27-39(40)51-29-32-25-26-37(33-17-9-5-10-18-33)38(28-32)41-45-47-48(46-41)43(34-19-11-6-12-20-34,35-21-13-7-14-22-35)36-23-15-8-16-24-36/h5-28H,4,29H2,1-3H3. The molecule has 0 saturated heterocycles. The Balaban J connectivity index is 1.36. The van der Waals surface area contributed by atoms with E-state index < -0.39 is 11.5 Å². The fourth-order valence-electron chi connectivity index (χ4n) is 6.60. The van der Waals surface area contributed by atoms with Crippen molar-refractivity contribution in [2.24, 2.45) is 0 Å². The summed E-state index contributed by atoms with van der Waals surface area (Å²) in [6.45, 7) is 5.88. The monoisotopic (exact) mass is 671 g/mol. The zero-order chi connectivity index (χ0) is 35.2. The smallest absolute Gasteiger partial charge is 0.343 e. The van der Waals surface area contributed by atoms with Gasteiger partial charge in [-0.25, -0.2) is 4.79 Å². The Hall–Kier alpha value is -6.41. The van der Waals surface area contributed by atoms with Crippen molar-refractivity contribution in [1.29, 1.82) is 0 Å². The summed E-state index contributed by atoms with van der Waals surface area (Å²) in [5, 5.41) is 14.7. The fourth-order valence-corrected chi connectivity index (χ4v) is 6.60. The van der Waals surface area contributed by atoms with Crippen LogP contribution in [0, 0.1) is 13.8 Å². The zero-order valence-corrected chi connectivity index (χ0v) is 28.7. The lowest BCUT2D eigenvalue weighted by atomic mass is 9.77. The first-order valence-electron chi connectivity index (χ1n) is 16.9. The molecule has 2 heterocycles. The number of rotatable bonds is 11. The minimum Gasteiger partial charge on any atom is -0.488 e. The molecule has 0 radical (unpaired) electrons. The summed E-state index contributed by atoms with van der Waals surface area (Å²) in [7, 11) is 0. The van der Waals surface area contributed by atoms with E-state index in [1.807, 2.05) is 91.9 Å². The molecule has 8 nitrogen and oxygen atoms in total. The van der Waals surface area contributed by atoms with Crippen molar-refractivity contribution >= 4 is 5.97 Å². The van der Waals surface area contributed by atoms with Gasteiger partial charge in [-0.1, -0.05) is 133 Å². The summed E-state index contributed by atoms with van der Waals surface area (Å²) in [5.41, 5.74) is 7.33. The predicted octanol–water partition coefficient (Wildman–Crippen LogP) is 8.61. The van der Waals surface area contributed by atoms with Crippen LogP contribution >= 0.6 is 0 Å². The first-order chi connectivity index (χ1) is 25.0. The minimum atomic E-state index is -0.913. The third-order valence-electron chi connectivity index (χ3n) is 8.86. The van der Waals surface area contributed by atoms with Crippen LogP contribution in [0.25, 0.3) is 22.5 Å². The van der Waals surface area contributed by atoms with Crippen LogP contribution < -0.4 is 4.74 Å². The normalized spacial score (nSPS) is 11.3. The summed E-state index contributed by atoms with van der Waals surface area (Å²) < 4.78 is 11.6. The van der Waals surface area contributed by atoms with Gasteiger partial charge in [-0.15, -0.1) is 15.0 Å². The molecule has 0 unspecified atom stereocenters. The number of esters is 1. The van der Waals surface area contributed by atoms with Gasteiger partial charge >= 0.3 is 5.97 Å². The molecule has 0 atom stereocenters. The molecule has 5 aromatic carbocycles. The number of pyridine rings is 1. The maximum absolute atomic E-state index is 12.9. The largest absolute Gasteiger partial charge is 0.488 e. The van der Waals surface area contributed by atoms with Gasteiger partial charge in [0.25, 0.3) is 0 Å². The van der Waals surface area contributed by atoms with Gasteiger partial charge in [-0.3, -0.25) is 4.98 Å². The third-order valence-corrected chi connectivity index (χ3v) is 8.86. The Kier molecular flexibility index (Phi) is 9.48. The van der Waals surface area contributed by atoms with E-state index >= 15 is 0 Å². The van der Waals surface area contributed by atoms with Gasteiger partial charge in [0, 0.05) is 17.3 Å². The van der Waals surface area contributed by atoms with Crippen LogP contribution in [-0.4, -0.2) is 37.8 Å². The van der Waals surface area contributed by atoms with E-state index in [2.05, 4.69) is 59.6 Å². The van der Waals surface area contributed by atoms with Crippen molar-refractivity contribution in [3.05, 3.63) is 185 Å². The molecule has 7 rings (SSSR count). The number of hydrogen-bond acceptors (Lipinski definition) is 7. The maximum Gasteiger partial charge on any atom is 0.343 e. The molecule has 0 amide bonds. The van der Waals surface area contributed by atoms with Gasteiger partial charge in [-0.2, -0.15) is 0 Å². The van der Waals surface area contributed by atoms with Crippen LogP contribution in [0.15, 0.2) is 146 Å². The van der Waals surface area contributed by atoms with Crippen molar-refractivity contribution in [2.45, 2.75) is 32.9 Å². The topological polar surface area (TPSA) is 92.0 Å². The van der Waals surface area contributed by atoms with Crippen LogP contribution in [0.4, 0.5) is 0 Å². The van der Waals surface area contributed by atoms with Gasteiger partial charge in [0.15, 0.2) is 5.54 Å². The summed E-state index contributed by atoms with van der Waals surface area (Å²) in [5.74, 6) is 0.428. The van der Waals surface area contributed by atoms with Gasteiger partial charge in [0.05, 0.1) is 12.3 Å². The Morgan fingerprint density at radius 3 is 1.84 bits per heavy atom. The van der Waals surface area contributed by atoms with Gasteiger partial charge in [0.1, 0.15) is 17.9 Å². The molecule has 8 heteroatoms. The number of carbonyl (C=O) groups excluding carboxylic acids is 1. The number of hydrogen-bond donors (Lipinski definition) is 0. The molecule has 0 fully saturated rings. The van der Waals surface area contributed by atoms with Crippen LogP contribution in [0.5, 0.6) is 5.75 Å². The molecule has 252 valence electrons. The number of carbonyl (C=O) groups is 1. The van der Waals surface area contributed by atoms with Gasteiger partial charge in [-0.05, 0) is 65.4 Å². The molecule has 0 saturated carbocycles. The minimum absolute atomic E-state index is 0.188. The maximum atomic E-state index is 12.9. The highest BCUT2D eigenvalue weighted by Gasteiger charge is 2.41. The van der Waals surface area contributed by atoms with E-state index in [-0.39, 0.29) is 13.2 Å². The first-order valence-corrected chi connectivity index (χ1v) is 16.9. The van der Waals surface area contributed by atoms with Gasteiger partial charge < -0.3 is 9.47 Å². The van der Waals surface area contributed by atoms with Gasteiger partial charge in [0.2, 0.25) is 5.82 Å². The number of nitrogens with zero attached hydrogens (tertiary/aromatic N) is 5. The molecule has 0 aliphatic heterocycles. The molecular weight excluding hydrogens is 635 g/mol. The Bertz CT molecular complexity index is 2160. The summed E-state index contributed by atoms with van der Waals surface area (Å²) in [6.07, 6.45) is 0. The number of tetrazole rings is 1. The highest BCUT2D eigenvalue weighted by Crippen LogP contribution is 2.40. The summed E-state index contributed by atoms with van der Waals surface area (Å²) in [6, 6.07) is 48.8. The van der Waals surface area contributed by atoms with E-state index in [9.17, 15) is 4.79 Å². The number of benzene rings is 5. The highest BCUT2D eigenvalue weighted by molar-refractivity contribution is 5.93. The number of aromatic nitrogens is 5. The van der Waals surface area contributed by atoms with Crippen LogP contribution in [0.2, 0.25) is 0 Å². The predicted molar refractivity (Wildman–Crippen MR) is 197 cm³/mol. The third kappa shape index (κ3) is 6.51. The van der Waals surface area contributed by atoms with Crippen LogP contribution in [0.3, 0.4) is 0 Å². The second-order valence-corrected chi connectivity index (χ2v) is 12.2. The first kappa shape index (κ1) is 33.1. The Labute approximate surface area is 297 Å². The lowest BCUT2D eigenvalue weighted by Crippen LogP contribution is -2.39. The fraction of sp³-hybridized carbons (Fsp3) is 0.140. The van der Waals surface area contributed by atoms with E-state index in [0.717, 1.165) is 44.6 Å². The number of ether oxygens (including phenoxy) is 2. The second kappa shape index (κ2) is 14.6. The van der Waals surface area contributed by atoms with Crippen LogP contribution in [0.1, 0.15) is 50.9 Å². The highest BCUT2D eigenvalue weighted by atomic mass is 16.5. The molecule has 7 aromatic rings. The molecule has 0 spiro atoms. The SMILES string of the molecule is CCOC(=O)c1c(OCc2ccc(-c3ccccc3)c(-c3nnn(C(c4ccccc4)(c4ccccc4)c4ccccc4)n3)c2)cc(C)nc1C. The van der Waals surface area contributed by atoms with E-state index in [1.165, 1.54) is 0 Å². The van der Waals surface area contributed by atoms with E-state index in [1.54, 1.807) is 24.7 Å². The van der Waals surface area contributed by atoms with Crippen molar-refractivity contribution in [3.8, 4) is 28.3 Å². The molecule has 0 aliphatic carbocycles. The lowest BCUT2D eigenvalue weighted by molar-refractivity contribution is 0.0519. The second-order valence-electron chi connectivity index (χ2n) is 12.2. The van der Waals surface area contributed by atoms with Crippen LogP contribution in [-0.2, 0) is 16.9 Å². The van der Waals surface area contributed by atoms with Crippen molar-refractivity contribution in [2.75, 3.05) is 6.61 Å². The molecular formula is C43H37N5O3. The zero-order valence-electron chi connectivity index (χ0n) is 28.7. The summed E-state index contributed by atoms with van der Waals surface area (Å²) in [4.78, 5) is 19.1. The molecule has 51 heavy (non-hydrogen) atoms.